The van der Waals surface area contributed by atoms with E-state index in [4.69, 9.17) is 16.7 Å². The van der Waals surface area contributed by atoms with Gasteiger partial charge in [-0.1, -0.05) is 23.7 Å². The third-order valence-electron chi connectivity index (χ3n) is 4.29. The predicted molar refractivity (Wildman–Crippen MR) is 95.2 cm³/mol. The minimum atomic E-state index is -3.86. The Morgan fingerprint density at radius 3 is 2.19 bits per heavy atom. The highest BCUT2D eigenvalue weighted by Gasteiger charge is 2.45. The first kappa shape index (κ1) is 18.4. The molecule has 1 fully saturated rings. The highest BCUT2D eigenvalue weighted by atomic mass is 35.5. The molecule has 26 heavy (non-hydrogen) atoms. The minimum Gasteiger partial charge on any atom is -0.481 e. The number of amides is 1. The molecule has 1 amide bonds. The number of anilines is 1. The van der Waals surface area contributed by atoms with Gasteiger partial charge in [0.2, 0.25) is 15.9 Å². The number of carboxylic acid groups (broad SMARTS) is 1. The first-order valence-corrected chi connectivity index (χ1v) is 9.54. The number of aliphatic carboxylic acids is 1. The number of carbonyl (C=O) groups excluding carboxylic acids is 1. The van der Waals surface area contributed by atoms with Crippen molar-refractivity contribution in [2.24, 2.45) is 11.1 Å². The molecule has 9 heteroatoms. The Labute approximate surface area is 155 Å². The van der Waals surface area contributed by atoms with E-state index >= 15 is 0 Å². The van der Waals surface area contributed by atoms with Gasteiger partial charge < -0.3 is 10.0 Å². The summed E-state index contributed by atoms with van der Waals surface area (Å²) in [5, 5.41) is 15.1. The second-order valence-electron chi connectivity index (χ2n) is 5.95. The van der Waals surface area contributed by atoms with Gasteiger partial charge in [-0.3, -0.25) is 9.59 Å². The van der Waals surface area contributed by atoms with Crippen LogP contribution in [0.1, 0.15) is 18.0 Å². The second kappa shape index (κ2) is 6.71. The summed E-state index contributed by atoms with van der Waals surface area (Å²) >= 11 is 5.89. The fourth-order valence-electron chi connectivity index (χ4n) is 3.10. The van der Waals surface area contributed by atoms with Crippen LogP contribution in [-0.2, 0) is 19.6 Å². The van der Waals surface area contributed by atoms with E-state index in [1.807, 2.05) is 0 Å². The van der Waals surface area contributed by atoms with E-state index in [9.17, 15) is 23.1 Å². The van der Waals surface area contributed by atoms with Crippen LogP contribution in [0.2, 0.25) is 5.02 Å². The smallest absolute Gasteiger partial charge is 0.309 e. The van der Waals surface area contributed by atoms with Gasteiger partial charge in [0.15, 0.2) is 0 Å². The Hall–Kier alpha value is -2.42. The summed E-state index contributed by atoms with van der Waals surface area (Å²) in [6.07, 6.45) is -0.153. The van der Waals surface area contributed by atoms with Crippen LogP contribution < -0.4 is 10.0 Å². The quantitative estimate of drug-likeness (QED) is 0.823. The maximum atomic E-state index is 12.5. The fourth-order valence-corrected chi connectivity index (χ4v) is 3.74. The van der Waals surface area contributed by atoms with Crippen LogP contribution in [0.3, 0.4) is 0 Å². The maximum Gasteiger partial charge on any atom is 0.309 e. The molecule has 2 aromatic rings. The molecule has 0 radical (unpaired) electrons. The first-order chi connectivity index (χ1) is 12.2. The summed E-state index contributed by atoms with van der Waals surface area (Å²) in [5.41, 5.74) is 1.02. The highest BCUT2D eigenvalue weighted by Crippen LogP contribution is 2.41. The summed E-state index contributed by atoms with van der Waals surface area (Å²) < 4.78 is 22.8. The summed E-state index contributed by atoms with van der Waals surface area (Å²) in [6, 6.07) is 11.3. The van der Waals surface area contributed by atoms with E-state index in [0.717, 1.165) is 0 Å². The average molecular weight is 395 g/mol. The lowest BCUT2D eigenvalue weighted by Crippen LogP contribution is -2.30. The molecule has 1 aliphatic heterocycles. The molecular formula is C17H15ClN2O5S. The van der Waals surface area contributed by atoms with Gasteiger partial charge in [-0.05, 0) is 42.0 Å². The average Bonchev–Trinajstić information content (AvgIpc) is 2.92. The van der Waals surface area contributed by atoms with Gasteiger partial charge in [-0.2, -0.15) is 0 Å². The van der Waals surface area contributed by atoms with E-state index in [1.54, 1.807) is 24.3 Å². The molecule has 3 rings (SSSR count). The molecule has 0 saturated carbocycles. The Kier molecular flexibility index (Phi) is 4.74. The van der Waals surface area contributed by atoms with Crippen LogP contribution in [0, 0.1) is 5.92 Å². The molecule has 0 spiro atoms. The van der Waals surface area contributed by atoms with Gasteiger partial charge in [0.1, 0.15) is 0 Å². The topological polar surface area (TPSA) is 118 Å². The summed E-state index contributed by atoms with van der Waals surface area (Å²) in [5.74, 6) is -2.37. The number of hydrogen-bond donors (Lipinski definition) is 2. The zero-order valence-corrected chi connectivity index (χ0v) is 14.9. The molecule has 2 atom stereocenters. The van der Waals surface area contributed by atoms with E-state index in [-0.39, 0.29) is 17.2 Å². The van der Waals surface area contributed by atoms with Crippen LogP contribution in [-0.4, -0.2) is 25.4 Å². The number of nitrogens with two attached hydrogens (primary N) is 1. The molecule has 0 unspecified atom stereocenters. The largest absolute Gasteiger partial charge is 0.481 e. The lowest BCUT2D eigenvalue weighted by molar-refractivity contribution is -0.142. The zero-order valence-electron chi connectivity index (χ0n) is 13.4. The van der Waals surface area contributed by atoms with Crippen LogP contribution in [0.25, 0.3) is 0 Å². The number of benzene rings is 2. The van der Waals surface area contributed by atoms with Crippen molar-refractivity contribution in [2.75, 3.05) is 4.90 Å². The van der Waals surface area contributed by atoms with Crippen molar-refractivity contribution < 1.29 is 23.1 Å². The Morgan fingerprint density at radius 1 is 1.12 bits per heavy atom. The SMILES string of the molecule is NS(=O)(=O)c1ccc(N2C(=O)C[C@H](C(=O)O)[C@H]2c2ccc(Cl)cc2)cc1. The second-order valence-corrected chi connectivity index (χ2v) is 7.95. The normalized spacial score (nSPS) is 20.4. The molecule has 3 N–H and O–H groups in total. The van der Waals surface area contributed by atoms with Crippen molar-refractivity contribution in [2.45, 2.75) is 17.4 Å². The van der Waals surface area contributed by atoms with Gasteiger partial charge >= 0.3 is 5.97 Å². The number of carboxylic acids is 1. The molecule has 136 valence electrons. The van der Waals surface area contributed by atoms with Crippen LogP contribution in [0.15, 0.2) is 53.4 Å². The number of nitrogens with zero attached hydrogens (tertiary/aromatic N) is 1. The lowest BCUT2D eigenvalue weighted by atomic mass is 9.93. The van der Waals surface area contributed by atoms with Crippen LogP contribution >= 0.6 is 11.6 Å². The van der Waals surface area contributed by atoms with Crippen molar-refractivity contribution in [1.29, 1.82) is 0 Å². The number of sulfonamides is 1. The number of carbonyl (C=O) groups is 2. The van der Waals surface area contributed by atoms with Gasteiger partial charge in [-0.15, -0.1) is 0 Å². The van der Waals surface area contributed by atoms with E-state index in [1.165, 1.54) is 29.2 Å². The molecule has 0 aromatic heterocycles. The van der Waals surface area contributed by atoms with Gasteiger partial charge in [0.05, 0.1) is 16.9 Å². The van der Waals surface area contributed by atoms with Gasteiger partial charge in [0.25, 0.3) is 0 Å². The molecule has 1 aliphatic rings. The number of rotatable bonds is 4. The molecule has 1 heterocycles. The van der Waals surface area contributed by atoms with Crippen LogP contribution in [0.5, 0.6) is 0 Å². The number of halogens is 1. The molecule has 7 nitrogen and oxygen atoms in total. The number of hydrogen-bond acceptors (Lipinski definition) is 4. The van der Waals surface area contributed by atoms with E-state index in [2.05, 4.69) is 0 Å². The molecular weight excluding hydrogens is 380 g/mol. The minimum absolute atomic E-state index is 0.0919. The fraction of sp³-hybridized carbons (Fsp3) is 0.176. The molecule has 2 aromatic carbocycles. The Bertz CT molecular complexity index is 958. The summed E-state index contributed by atoms with van der Waals surface area (Å²) in [4.78, 5) is 25.5. The number of primary sulfonamides is 1. The van der Waals surface area contributed by atoms with Crippen molar-refractivity contribution in [3.05, 3.63) is 59.1 Å². The van der Waals surface area contributed by atoms with Crippen molar-refractivity contribution in [3.63, 3.8) is 0 Å². The first-order valence-electron chi connectivity index (χ1n) is 7.61. The monoisotopic (exact) mass is 394 g/mol. The summed E-state index contributed by atoms with van der Waals surface area (Å²) in [7, 11) is -3.86. The maximum absolute atomic E-state index is 12.5. The standard InChI is InChI=1S/C17H15ClN2O5S/c18-11-3-1-10(2-4-11)16-14(17(22)23)9-15(21)20(16)12-5-7-13(8-6-12)26(19,24)25/h1-8,14,16H,9H2,(H,22,23)(H2,19,24,25)/t14-,16+/m0/s1. The van der Waals surface area contributed by atoms with Crippen molar-refractivity contribution in [1.82, 2.24) is 0 Å². The van der Waals surface area contributed by atoms with Gasteiger partial charge in [-0.25, -0.2) is 13.6 Å². The van der Waals surface area contributed by atoms with Crippen molar-refractivity contribution in [3.8, 4) is 0 Å². The highest BCUT2D eigenvalue weighted by molar-refractivity contribution is 7.89. The Morgan fingerprint density at radius 2 is 1.69 bits per heavy atom. The van der Waals surface area contributed by atoms with E-state index < -0.39 is 28.0 Å². The summed E-state index contributed by atoms with van der Waals surface area (Å²) in [6.45, 7) is 0. The third kappa shape index (κ3) is 3.44. The lowest BCUT2D eigenvalue weighted by Gasteiger charge is -2.27. The van der Waals surface area contributed by atoms with Crippen molar-refractivity contribution >= 4 is 39.2 Å². The zero-order chi connectivity index (χ0) is 19.1. The molecule has 0 bridgehead atoms. The van der Waals surface area contributed by atoms with E-state index in [0.29, 0.717) is 16.3 Å². The molecule has 0 aliphatic carbocycles. The predicted octanol–water partition coefficient (Wildman–Crippen LogP) is 2.17. The third-order valence-corrected chi connectivity index (χ3v) is 5.48. The molecule has 1 saturated heterocycles. The van der Waals surface area contributed by atoms with Gasteiger partial charge in [0, 0.05) is 17.1 Å². The van der Waals surface area contributed by atoms with Crippen LogP contribution in [0.4, 0.5) is 5.69 Å². The Balaban J connectivity index is 2.06.